The number of anilines is 1. The van der Waals surface area contributed by atoms with Crippen LogP contribution in [0.1, 0.15) is 12.5 Å². The molecule has 1 unspecified atom stereocenters. The standard InChI is InChI=1S/C23H18ClFN4O2S/c1-13-9-10-26-20(11-13)29-22(31)16-5-3-4-6-18(16)28-23(29)32-14(2)21(30)27-19-8-7-15(25)12-17(19)24/h3-12,14H,1-2H3,(H,27,30). The molecule has 2 aromatic carbocycles. The molecule has 0 radical (unpaired) electrons. The molecule has 4 rings (SSSR count). The summed E-state index contributed by atoms with van der Waals surface area (Å²) in [5.41, 5.74) is 1.49. The molecule has 2 heterocycles. The Hall–Kier alpha value is -3.23. The van der Waals surface area contributed by atoms with E-state index in [1.54, 1.807) is 43.5 Å². The maximum Gasteiger partial charge on any atom is 0.267 e. The van der Waals surface area contributed by atoms with E-state index >= 15 is 0 Å². The van der Waals surface area contributed by atoms with Crippen LogP contribution in [0.2, 0.25) is 5.02 Å². The van der Waals surface area contributed by atoms with Crippen LogP contribution in [-0.2, 0) is 4.79 Å². The number of carbonyl (C=O) groups is 1. The second kappa shape index (κ2) is 9.10. The number of aromatic nitrogens is 3. The number of rotatable bonds is 5. The summed E-state index contributed by atoms with van der Waals surface area (Å²) in [5.74, 6) is -0.440. The Balaban J connectivity index is 1.72. The number of halogens is 2. The number of aryl methyl sites for hydroxylation is 1. The van der Waals surface area contributed by atoms with E-state index in [9.17, 15) is 14.0 Å². The van der Waals surface area contributed by atoms with Crippen LogP contribution in [0.3, 0.4) is 0 Å². The first kappa shape index (κ1) is 22.0. The topological polar surface area (TPSA) is 76.9 Å². The van der Waals surface area contributed by atoms with Crippen molar-refractivity contribution in [2.24, 2.45) is 0 Å². The number of thioether (sulfide) groups is 1. The van der Waals surface area contributed by atoms with E-state index in [0.29, 0.717) is 27.6 Å². The van der Waals surface area contributed by atoms with Crippen molar-refractivity contribution in [3.63, 3.8) is 0 Å². The summed E-state index contributed by atoms with van der Waals surface area (Å²) in [6, 6.07) is 14.4. The highest BCUT2D eigenvalue weighted by atomic mass is 35.5. The van der Waals surface area contributed by atoms with E-state index in [-0.39, 0.29) is 16.5 Å². The Kier molecular flexibility index (Phi) is 6.25. The number of carbonyl (C=O) groups excluding carboxylic acids is 1. The average Bonchev–Trinajstić information content (AvgIpc) is 2.76. The summed E-state index contributed by atoms with van der Waals surface area (Å²) in [6.45, 7) is 3.59. The molecule has 0 aliphatic heterocycles. The molecule has 32 heavy (non-hydrogen) atoms. The molecular weight excluding hydrogens is 451 g/mol. The molecule has 2 aromatic heterocycles. The molecule has 1 atom stereocenters. The van der Waals surface area contributed by atoms with Crippen LogP contribution in [-0.4, -0.2) is 25.7 Å². The summed E-state index contributed by atoms with van der Waals surface area (Å²) >= 11 is 7.14. The number of nitrogens with zero attached hydrogens (tertiary/aromatic N) is 3. The lowest BCUT2D eigenvalue weighted by Crippen LogP contribution is -2.26. The van der Waals surface area contributed by atoms with Crippen molar-refractivity contribution in [3.05, 3.63) is 87.6 Å². The maximum absolute atomic E-state index is 13.3. The first-order valence-electron chi connectivity index (χ1n) is 9.71. The molecular formula is C23H18ClFN4O2S. The monoisotopic (exact) mass is 468 g/mol. The minimum absolute atomic E-state index is 0.0975. The zero-order valence-corrected chi connectivity index (χ0v) is 18.7. The molecule has 0 bridgehead atoms. The summed E-state index contributed by atoms with van der Waals surface area (Å²) in [4.78, 5) is 35.1. The smallest absolute Gasteiger partial charge is 0.267 e. The van der Waals surface area contributed by atoms with Gasteiger partial charge in [-0.25, -0.2) is 18.9 Å². The summed E-state index contributed by atoms with van der Waals surface area (Å²) < 4.78 is 14.7. The number of nitrogens with one attached hydrogen (secondary N) is 1. The Bertz CT molecular complexity index is 1390. The van der Waals surface area contributed by atoms with Crippen LogP contribution in [0, 0.1) is 12.7 Å². The number of amides is 1. The van der Waals surface area contributed by atoms with E-state index in [1.807, 2.05) is 13.0 Å². The van der Waals surface area contributed by atoms with E-state index in [4.69, 9.17) is 11.6 Å². The lowest BCUT2D eigenvalue weighted by Gasteiger charge is -2.16. The molecule has 0 saturated heterocycles. The van der Waals surface area contributed by atoms with Crippen molar-refractivity contribution in [2.45, 2.75) is 24.3 Å². The van der Waals surface area contributed by atoms with Crippen LogP contribution in [0.15, 0.2) is 70.7 Å². The highest BCUT2D eigenvalue weighted by molar-refractivity contribution is 8.00. The van der Waals surface area contributed by atoms with Crippen LogP contribution in [0.25, 0.3) is 16.7 Å². The van der Waals surface area contributed by atoms with E-state index in [1.165, 1.54) is 16.7 Å². The second-order valence-electron chi connectivity index (χ2n) is 7.12. The van der Waals surface area contributed by atoms with Crippen molar-refractivity contribution in [3.8, 4) is 5.82 Å². The minimum Gasteiger partial charge on any atom is -0.324 e. The van der Waals surface area contributed by atoms with Gasteiger partial charge in [0.15, 0.2) is 5.16 Å². The third kappa shape index (κ3) is 4.51. The first-order chi connectivity index (χ1) is 15.3. The number of fused-ring (bicyclic) bond motifs is 1. The molecule has 4 aromatic rings. The van der Waals surface area contributed by atoms with Gasteiger partial charge in [-0.2, -0.15) is 0 Å². The first-order valence-corrected chi connectivity index (χ1v) is 11.0. The number of hydrogen-bond acceptors (Lipinski definition) is 5. The van der Waals surface area contributed by atoms with Gasteiger partial charge in [0.25, 0.3) is 5.56 Å². The zero-order chi connectivity index (χ0) is 22.8. The highest BCUT2D eigenvalue weighted by Crippen LogP contribution is 2.27. The van der Waals surface area contributed by atoms with Gasteiger partial charge in [0, 0.05) is 6.20 Å². The van der Waals surface area contributed by atoms with Gasteiger partial charge < -0.3 is 5.32 Å². The number of para-hydroxylation sites is 1. The molecule has 162 valence electrons. The number of benzene rings is 2. The fourth-order valence-corrected chi connectivity index (χ4v) is 4.20. The number of hydrogen-bond donors (Lipinski definition) is 1. The van der Waals surface area contributed by atoms with Crippen molar-refractivity contribution < 1.29 is 9.18 Å². The molecule has 0 spiro atoms. The molecule has 9 heteroatoms. The predicted octanol–water partition coefficient (Wildman–Crippen LogP) is 5.00. The van der Waals surface area contributed by atoms with Gasteiger partial charge in [0.05, 0.1) is 26.9 Å². The largest absolute Gasteiger partial charge is 0.324 e. The van der Waals surface area contributed by atoms with E-state index < -0.39 is 11.1 Å². The van der Waals surface area contributed by atoms with Gasteiger partial charge in [-0.05, 0) is 61.9 Å². The molecule has 1 N–H and O–H groups in total. The van der Waals surface area contributed by atoms with Gasteiger partial charge >= 0.3 is 0 Å². The van der Waals surface area contributed by atoms with Crippen molar-refractivity contribution >= 4 is 45.9 Å². The Morgan fingerprint density at radius 3 is 2.72 bits per heavy atom. The molecule has 0 saturated carbocycles. The normalized spacial score (nSPS) is 12.0. The Labute approximate surface area is 192 Å². The van der Waals surface area contributed by atoms with Gasteiger partial charge in [-0.15, -0.1) is 0 Å². The third-order valence-corrected chi connectivity index (χ3v) is 6.08. The van der Waals surface area contributed by atoms with Crippen molar-refractivity contribution in [2.75, 3.05) is 5.32 Å². The van der Waals surface area contributed by atoms with Crippen molar-refractivity contribution in [1.29, 1.82) is 0 Å². The number of pyridine rings is 1. The van der Waals surface area contributed by atoms with Gasteiger partial charge in [-0.3, -0.25) is 9.59 Å². The van der Waals surface area contributed by atoms with Crippen LogP contribution in [0.5, 0.6) is 0 Å². The fraction of sp³-hybridized carbons (Fsp3) is 0.130. The predicted molar refractivity (Wildman–Crippen MR) is 125 cm³/mol. The summed E-state index contributed by atoms with van der Waals surface area (Å²) in [6.07, 6.45) is 1.62. The average molecular weight is 469 g/mol. The van der Waals surface area contributed by atoms with E-state index in [2.05, 4.69) is 15.3 Å². The molecule has 0 aliphatic rings. The highest BCUT2D eigenvalue weighted by Gasteiger charge is 2.21. The molecule has 0 fully saturated rings. The quantitative estimate of drug-likeness (QED) is 0.329. The fourth-order valence-electron chi connectivity index (χ4n) is 3.07. The van der Waals surface area contributed by atoms with Gasteiger partial charge in [0.2, 0.25) is 5.91 Å². The summed E-state index contributed by atoms with van der Waals surface area (Å²) in [7, 11) is 0. The van der Waals surface area contributed by atoms with E-state index in [0.717, 1.165) is 23.4 Å². The molecule has 0 aliphatic carbocycles. The third-order valence-electron chi connectivity index (χ3n) is 4.72. The van der Waals surface area contributed by atoms with Crippen molar-refractivity contribution in [1.82, 2.24) is 14.5 Å². The second-order valence-corrected chi connectivity index (χ2v) is 8.83. The summed E-state index contributed by atoms with van der Waals surface area (Å²) in [5, 5.41) is 2.93. The molecule has 1 amide bonds. The molecule has 6 nitrogen and oxygen atoms in total. The van der Waals surface area contributed by atoms with Gasteiger partial charge in [-0.1, -0.05) is 35.5 Å². The zero-order valence-electron chi connectivity index (χ0n) is 17.2. The minimum atomic E-state index is -0.639. The SMILES string of the molecule is Cc1ccnc(-n2c(SC(C)C(=O)Nc3ccc(F)cc3Cl)nc3ccccc3c2=O)c1. The lowest BCUT2D eigenvalue weighted by molar-refractivity contribution is -0.115. The van der Waals surface area contributed by atoms with Crippen LogP contribution in [0.4, 0.5) is 10.1 Å². The Morgan fingerprint density at radius 1 is 1.19 bits per heavy atom. The Morgan fingerprint density at radius 2 is 1.97 bits per heavy atom. The maximum atomic E-state index is 13.3. The van der Waals surface area contributed by atoms with Crippen LogP contribution < -0.4 is 10.9 Å². The van der Waals surface area contributed by atoms with Gasteiger partial charge in [0.1, 0.15) is 11.6 Å². The van der Waals surface area contributed by atoms with Crippen LogP contribution >= 0.6 is 23.4 Å². The lowest BCUT2D eigenvalue weighted by atomic mass is 10.2.